The first-order chi connectivity index (χ1) is 34.8. The van der Waals surface area contributed by atoms with Gasteiger partial charge in [-0.15, -0.1) is 0 Å². The van der Waals surface area contributed by atoms with E-state index in [-0.39, 0.29) is 132 Å². The summed E-state index contributed by atoms with van der Waals surface area (Å²) in [5.41, 5.74) is 7.72. The van der Waals surface area contributed by atoms with Gasteiger partial charge in [-0.1, -0.05) is 12.1 Å². The molecule has 1 aliphatic heterocycles. The van der Waals surface area contributed by atoms with Crippen LogP contribution >= 0.6 is 12.2 Å². The first-order valence-electron chi connectivity index (χ1n) is 22.9. The fraction of sp³-hybridized carbons (Fsp3) is 0.422. The fourth-order valence-corrected chi connectivity index (χ4v) is 7.98. The molecule has 27 nitrogen and oxygen atoms in total. The number of carboxylic acids is 5. The molecular weight excluding hydrogens is 977 g/mol. The van der Waals surface area contributed by atoms with E-state index in [1.807, 2.05) is 0 Å². The molecule has 2 atom stereocenters. The van der Waals surface area contributed by atoms with Crippen LogP contribution in [-0.2, 0) is 41.7 Å². The van der Waals surface area contributed by atoms with Gasteiger partial charge in [-0.25, -0.2) is 14.8 Å². The summed E-state index contributed by atoms with van der Waals surface area (Å²) in [4.78, 5) is 118. The molecule has 0 aliphatic carbocycles. The Morgan fingerprint density at radius 3 is 1.93 bits per heavy atom. The van der Waals surface area contributed by atoms with Crippen molar-refractivity contribution in [1.82, 2.24) is 55.5 Å². The Hall–Kier alpha value is -7.92. The number of nitrogens with zero attached hydrogens (tertiary/aromatic N) is 7. The number of carbonyl (C=O) groups is 7. The number of anilines is 3. The molecule has 28 heteroatoms. The van der Waals surface area contributed by atoms with Gasteiger partial charge in [0, 0.05) is 88.3 Å². The van der Waals surface area contributed by atoms with E-state index in [1.165, 1.54) is 18.3 Å². The van der Waals surface area contributed by atoms with Gasteiger partial charge in [0.05, 0.1) is 44.6 Å². The highest BCUT2D eigenvalue weighted by atomic mass is 32.1. The molecule has 73 heavy (non-hydrogen) atoms. The Balaban J connectivity index is 1.07. The van der Waals surface area contributed by atoms with Crippen LogP contribution in [0.4, 0.5) is 17.3 Å². The first-order valence-corrected chi connectivity index (χ1v) is 23.3. The third-order valence-corrected chi connectivity index (χ3v) is 11.6. The molecule has 0 bridgehead atoms. The maximum absolute atomic E-state index is 12.9. The van der Waals surface area contributed by atoms with Crippen LogP contribution in [0, 0.1) is 0 Å². The van der Waals surface area contributed by atoms with Crippen LogP contribution in [0.1, 0.15) is 34.5 Å². The number of aliphatic carboxylic acids is 5. The monoisotopic (exact) mass is 1030 g/mol. The number of hydrogen-bond donors (Lipinski definition) is 12. The summed E-state index contributed by atoms with van der Waals surface area (Å²) in [6.45, 7) is 0.201. The minimum absolute atomic E-state index is 0.0259. The van der Waals surface area contributed by atoms with E-state index >= 15 is 0 Å². The number of nitrogens with two attached hydrogens (primary N) is 1. The molecule has 1 saturated heterocycles. The maximum Gasteiger partial charge on any atom is 0.326 e. The number of benzene rings is 2. The van der Waals surface area contributed by atoms with Gasteiger partial charge in [0.15, 0.2) is 16.3 Å². The summed E-state index contributed by atoms with van der Waals surface area (Å²) < 4.78 is 0. The average molecular weight is 1040 g/mol. The molecule has 4 aromatic rings. The molecule has 2 aromatic carbocycles. The molecule has 392 valence electrons. The fourth-order valence-electron chi connectivity index (χ4n) is 7.76. The molecular formula is C45H58N14O13S. The lowest BCUT2D eigenvalue weighted by atomic mass is 10.0. The van der Waals surface area contributed by atoms with Gasteiger partial charge >= 0.3 is 29.8 Å². The minimum Gasteiger partial charge on any atom is -0.480 e. The van der Waals surface area contributed by atoms with Gasteiger partial charge in [-0.05, 0) is 67.0 Å². The lowest BCUT2D eigenvalue weighted by molar-refractivity contribution is -0.142. The van der Waals surface area contributed by atoms with E-state index in [9.17, 15) is 63.9 Å². The van der Waals surface area contributed by atoms with Gasteiger partial charge in [0.2, 0.25) is 11.9 Å². The number of rotatable bonds is 23. The minimum atomic E-state index is -1.36. The Morgan fingerprint density at radius 1 is 0.740 bits per heavy atom. The number of nitrogen functional groups attached to an aromatic ring is 1. The normalized spacial score (nSPS) is 15.7. The van der Waals surface area contributed by atoms with Crippen molar-refractivity contribution in [2.45, 2.75) is 37.9 Å². The van der Waals surface area contributed by atoms with Crippen molar-refractivity contribution < 1.29 is 59.1 Å². The number of carboxylic acid groups (broad SMARTS) is 5. The second kappa shape index (κ2) is 27.6. The van der Waals surface area contributed by atoms with E-state index in [1.54, 1.807) is 56.0 Å². The Morgan fingerprint density at radius 2 is 1.32 bits per heavy atom. The number of aromatic amines is 1. The molecule has 1 fully saturated rings. The van der Waals surface area contributed by atoms with Crippen LogP contribution in [-0.4, -0.2) is 209 Å². The van der Waals surface area contributed by atoms with Crippen molar-refractivity contribution in [1.29, 1.82) is 0 Å². The van der Waals surface area contributed by atoms with Crippen molar-refractivity contribution >= 4 is 87.5 Å². The zero-order chi connectivity index (χ0) is 53.0. The maximum atomic E-state index is 12.9. The summed E-state index contributed by atoms with van der Waals surface area (Å²) >= 11 is 5.42. The SMILES string of the molecule is Nc1nc2ncc(CNc3ccc(C(=O)N[C@@H](CCC(=O)NCCNC(=S)Nc4ccc(C[C@@H]5CN(CC(=O)O)CCN(CC(=O)O)CCN(CC(=O)O)CCN5CC(=O)O)cc4)C(=O)O)cc3)nc2c(=O)[nH]1. The van der Waals surface area contributed by atoms with Crippen molar-refractivity contribution in [3.8, 4) is 0 Å². The van der Waals surface area contributed by atoms with Crippen LogP contribution in [0.3, 0.4) is 0 Å². The van der Waals surface area contributed by atoms with Crippen molar-refractivity contribution in [3.05, 3.63) is 81.9 Å². The van der Waals surface area contributed by atoms with E-state index in [2.05, 4.69) is 46.5 Å². The Bertz CT molecular complexity index is 2660. The lowest BCUT2D eigenvalue weighted by Crippen LogP contribution is -2.53. The van der Waals surface area contributed by atoms with Crippen LogP contribution in [0.15, 0.2) is 59.5 Å². The van der Waals surface area contributed by atoms with Crippen LogP contribution in [0.5, 0.6) is 0 Å². The molecule has 0 saturated carbocycles. The number of amides is 2. The highest BCUT2D eigenvalue weighted by Gasteiger charge is 2.28. The molecule has 0 unspecified atom stereocenters. The number of fused-ring (bicyclic) bond motifs is 1. The molecule has 0 spiro atoms. The smallest absolute Gasteiger partial charge is 0.326 e. The predicted octanol–water partition coefficient (Wildman–Crippen LogP) is -1.56. The second-order valence-corrected chi connectivity index (χ2v) is 17.3. The van der Waals surface area contributed by atoms with E-state index < -0.39 is 65.8 Å². The largest absolute Gasteiger partial charge is 0.480 e. The number of nitrogens with one attached hydrogen (secondary N) is 6. The zero-order valence-corrected chi connectivity index (χ0v) is 40.3. The van der Waals surface area contributed by atoms with Gasteiger partial charge in [0.1, 0.15) is 6.04 Å². The zero-order valence-electron chi connectivity index (χ0n) is 39.5. The molecule has 13 N–H and O–H groups in total. The number of carbonyl (C=O) groups excluding carboxylic acids is 2. The number of hydrogen-bond acceptors (Lipinski definition) is 18. The molecule has 2 aromatic heterocycles. The third kappa shape index (κ3) is 19.3. The summed E-state index contributed by atoms with van der Waals surface area (Å²) in [6.07, 6.45) is 1.33. The Labute approximate surface area is 422 Å². The van der Waals surface area contributed by atoms with Gasteiger partial charge in [-0.2, -0.15) is 4.98 Å². The quantitative estimate of drug-likeness (QED) is 0.0295. The van der Waals surface area contributed by atoms with Gasteiger partial charge < -0.3 is 57.9 Å². The first kappa shape index (κ1) is 56.0. The summed E-state index contributed by atoms with van der Waals surface area (Å²) in [6, 6.07) is 11.3. The summed E-state index contributed by atoms with van der Waals surface area (Å²) in [5.74, 6) is -6.95. The van der Waals surface area contributed by atoms with E-state index in [0.717, 1.165) is 5.56 Å². The van der Waals surface area contributed by atoms with E-state index in [0.29, 0.717) is 17.1 Å². The number of aromatic nitrogens is 4. The lowest BCUT2D eigenvalue weighted by Gasteiger charge is -2.37. The number of H-pyrrole nitrogens is 1. The molecule has 3 heterocycles. The van der Waals surface area contributed by atoms with Crippen LogP contribution < -0.4 is 37.9 Å². The highest BCUT2D eigenvalue weighted by Crippen LogP contribution is 2.17. The van der Waals surface area contributed by atoms with E-state index in [4.69, 9.17) is 18.0 Å². The average Bonchev–Trinajstić information content (AvgIpc) is 3.32. The van der Waals surface area contributed by atoms with Crippen molar-refractivity contribution in [2.75, 3.05) is 101 Å². The standard InChI is InChI=1S/C45H58N14O13S/c46-44-54-40-39(42(70)55-44)51-31(21-50-40)20-49-29-7-3-28(4-8-29)41(69)53-33(43(71)72)9-10-34(60)47-11-12-48-45(73)52-30-5-1-27(2-6-30)19-32-22-58(25-37(65)66)16-15-56(23-35(61)62)13-14-57(24-36(63)64)17-18-59(32)26-38(67)68/h1-8,21,32-33,49H,9-20,22-26H2,(H,47,60)(H,53,69)(H,61,62)(H,63,64)(H,65,66)(H,67,68)(H,71,72)(H2,48,52,73)(H3,46,50,54,55,70)/t32-,33+/m1/s1. The van der Waals surface area contributed by atoms with Crippen molar-refractivity contribution in [3.63, 3.8) is 0 Å². The van der Waals surface area contributed by atoms with Crippen molar-refractivity contribution in [2.24, 2.45) is 0 Å². The highest BCUT2D eigenvalue weighted by molar-refractivity contribution is 7.80. The molecule has 1 aliphatic rings. The summed E-state index contributed by atoms with van der Waals surface area (Å²) in [5, 5.41) is 62.9. The molecule has 5 rings (SSSR count). The van der Waals surface area contributed by atoms with Gasteiger partial charge in [0.25, 0.3) is 11.5 Å². The number of thiocarbonyl (C=S) groups is 1. The third-order valence-electron chi connectivity index (χ3n) is 11.4. The topological polar surface area (TPSA) is 391 Å². The summed E-state index contributed by atoms with van der Waals surface area (Å²) in [7, 11) is 0. The van der Waals surface area contributed by atoms with Gasteiger partial charge in [-0.3, -0.25) is 58.1 Å². The van der Waals surface area contributed by atoms with Crippen LogP contribution in [0.25, 0.3) is 11.2 Å². The molecule has 0 radical (unpaired) electrons. The second-order valence-electron chi connectivity index (χ2n) is 16.9. The predicted molar refractivity (Wildman–Crippen MR) is 267 cm³/mol. The Kier molecular flexibility index (Phi) is 21.2. The molecule has 2 amide bonds. The van der Waals surface area contributed by atoms with Crippen LogP contribution in [0.2, 0.25) is 0 Å².